The van der Waals surface area contributed by atoms with Crippen molar-refractivity contribution in [1.82, 2.24) is 4.90 Å². The zero-order valence-corrected chi connectivity index (χ0v) is 15.1. The number of amides is 1. The van der Waals surface area contributed by atoms with Crippen molar-refractivity contribution in [1.29, 1.82) is 5.26 Å². The highest BCUT2D eigenvalue weighted by Gasteiger charge is 2.34. The molecule has 2 aromatic carbocycles. The number of likely N-dealkylation sites (tertiary alicyclic amines) is 1. The van der Waals surface area contributed by atoms with E-state index in [0.717, 1.165) is 25.8 Å². The average molecular weight is 348 g/mol. The van der Waals surface area contributed by atoms with Crippen LogP contribution in [0.5, 0.6) is 5.75 Å². The molecular formula is C22H24N2O2. The Bertz CT molecular complexity index is 765. The summed E-state index contributed by atoms with van der Waals surface area (Å²) >= 11 is 0. The van der Waals surface area contributed by atoms with Crippen LogP contribution < -0.4 is 4.74 Å². The average Bonchev–Trinajstić information content (AvgIpc) is 3.17. The molecule has 0 unspecified atom stereocenters. The Morgan fingerprint density at radius 3 is 2.62 bits per heavy atom. The van der Waals surface area contributed by atoms with Crippen molar-refractivity contribution in [3.63, 3.8) is 0 Å². The van der Waals surface area contributed by atoms with Gasteiger partial charge >= 0.3 is 0 Å². The van der Waals surface area contributed by atoms with Gasteiger partial charge in [0.1, 0.15) is 5.75 Å². The van der Waals surface area contributed by atoms with Gasteiger partial charge in [-0.05, 0) is 49.1 Å². The lowest BCUT2D eigenvalue weighted by Gasteiger charge is -2.31. The van der Waals surface area contributed by atoms with Crippen LogP contribution in [-0.2, 0) is 4.79 Å². The molecule has 4 nitrogen and oxygen atoms in total. The van der Waals surface area contributed by atoms with Gasteiger partial charge in [0.05, 0.1) is 11.6 Å². The summed E-state index contributed by atoms with van der Waals surface area (Å²) in [6, 6.07) is 19.6. The van der Waals surface area contributed by atoms with Crippen molar-refractivity contribution in [3.05, 3.63) is 65.7 Å². The zero-order chi connectivity index (χ0) is 18.4. The Morgan fingerprint density at radius 1 is 1.23 bits per heavy atom. The van der Waals surface area contributed by atoms with Gasteiger partial charge in [0.15, 0.2) is 6.61 Å². The Kier molecular flexibility index (Phi) is 5.91. The van der Waals surface area contributed by atoms with Crippen LogP contribution in [0.2, 0.25) is 0 Å². The second-order valence-electron chi connectivity index (χ2n) is 6.65. The van der Waals surface area contributed by atoms with E-state index in [1.807, 2.05) is 11.0 Å². The van der Waals surface area contributed by atoms with E-state index in [-0.39, 0.29) is 18.6 Å². The zero-order valence-electron chi connectivity index (χ0n) is 15.1. The minimum absolute atomic E-state index is 0.0336. The molecule has 0 saturated carbocycles. The maximum absolute atomic E-state index is 12.8. The lowest BCUT2D eigenvalue weighted by Crippen LogP contribution is -2.41. The van der Waals surface area contributed by atoms with Gasteiger partial charge in [-0.25, -0.2) is 0 Å². The second kappa shape index (κ2) is 8.53. The molecule has 134 valence electrons. The number of rotatable bonds is 6. The highest BCUT2D eigenvalue weighted by molar-refractivity contribution is 5.78. The van der Waals surface area contributed by atoms with Crippen LogP contribution in [0, 0.1) is 11.3 Å². The first-order valence-electron chi connectivity index (χ1n) is 9.20. The molecule has 1 heterocycles. The predicted octanol–water partition coefficient (Wildman–Crippen LogP) is 4.12. The summed E-state index contributed by atoms with van der Waals surface area (Å²) in [5.74, 6) is 1.01. The molecule has 4 heteroatoms. The van der Waals surface area contributed by atoms with Crippen molar-refractivity contribution in [2.75, 3.05) is 13.2 Å². The van der Waals surface area contributed by atoms with Crippen molar-refractivity contribution >= 4 is 5.91 Å². The quantitative estimate of drug-likeness (QED) is 0.789. The largest absolute Gasteiger partial charge is 0.484 e. The summed E-state index contributed by atoms with van der Waals surface area (Å²) in [6.07, 6.45) is 3.08. The van der Waals surface area contributed by atoms with Crippen LogP contribution in [-0.4, -0.2) is 30.0 Å². The SMILES string of the molecule is CC[C@@H](c1ccccc1)[C@H]1CCCN1C(=O)COc1ccc(C#N)cc1. The smallest absolute Gasteiger partial charge is 0.260 e. The van der Waals surface area contributed by atoms with Gasteiger partial charge in [0, 0.05) is 18.5 Å². The Morgan fingerprint density at radius 2 is 1.96 bits per heavy atom. The van der Waals surface area contributed by atoms with Crippen molar-refractivity contribution in [3.8, 4) is 11.8 Å². The lowest BCUT2D eigenvalue weighted by atomic mass is 9.87. The first kappa shape index (κ1) is 18.0. The maximum Gasteiger partial charge on any atom is 0.260 e. The molecule has 0 spiro atoms. The van der Waals surface area contributed by atoms with E-state index >= 15 is 0 Å². The van der Waals surface area contributed by atoms with Crippen molar-refractivity contribution in [2.24, 2.45) is 0 Å². The van der Waals surface area contributed by atoms with Gasteiger partial charge in [-0.15, -0.1) is 0 Å². The Hall–Kier alpha value is -2.80. The number of benzene rings is 2. The topological polar surface area (TPSA) is 53.3 Å². The van der Waals surface area contributed by atoms with Crippen LogP contribution in [0.1, 0.15) is 43.2 Å². The maximum atomic E-state index is 12.8. The summed E-state index contributed by atoms with van der Waals surface area (Å²) in [4.78, 5) is 14.7. The minimum Gasteiger partial charge on any atom is -0.484 e. The Labute approximate surface area is 155 Å². The molecule has 0 aromatic heterocycles. The molecule has 2 atom stereocenters. The Balaban J connectivity index is 1.65. The van der Waals surface area contributed by atoms with E-state index in [4.69, 9.17) is 10.00 Å². The molecule has 1 fully saturated rings. The highest BCUT2D eigenvalue weighted by atomic mass is 16.5. The first-order valence-corrected chi connectivity index (χ1v) is 9.20. The molecule has 3 rings (SSSR count). The second-order valence-corrected chi connectivity index (χ2v) is 6.65. The van der Waals surface area contributed by atoms with Crippen LogP contribution in [0.4, 0.5) is 0 Å². The molecule has 0 radical (unpaired) electrons. The van der Waals surface area contributed by atoms with E-state index in [2.05, 4.69) is 37.3 Å². The number of carbonyl (C=O) groups excluding carboxylic acids is 1. The van der Waals surface area contributed by atoms with Gasteiger partial charge in [-0.3, -0.25) is 4.79 Å². The highest BCUT2D eigenvalue weighted by Crippen LogP contribution is 2.33. The summed E-state index contributed by atoms with van der Waals surface area (Å²) in [6.45, 7) is 3.02. The summed E-state index contributed by atoms with van der Waals surface area (Å²) in [5, 5.41) is 8.84. The fourth-order valence-corrected chi connectivity index (χ4v) is 3.80. The van der Waals surface area contributed by atoms with E-state index < -0.39 is 0 Å². The van der Waals surface area contributed by atoms with Gasteiger partial charge in [-0.2, -0.15) is 5.26 Å². The number of nitrogens with zero attached hydrogens (tertiary/aromatic N) is 2. The predicted molar refractivity (Wildman–Crippen MR) is 101 cm³/mol. The van der Waals surface area contributed by atoms with Gasteiger partial charge in [0.2, 0.25) is 0 Å². The number of hydrogen-bond donors (Lipinski definition) is 0. The van der Waals surface area contributed by atoms with Crippen LogP contribution in [0.15, 0.2) is 54.6 Å². The van der Waals surface area contributed by atoms with Crippen LogP contribution in [0.25, 0.3) is 0 Å². The number of carbonyl (C=O) groups is 1. The van der Waals surface area contributed by atoms with E-state index in [1.165, 1.54) is 5.56 Å². The molecule has 1 aliphatic heterocycles. The molecule has 0 bridgehead atoms. The monoisotopic (exact) mass is 348 g/mol. The number of hydrogen-bond acceptors (Lipinski definition) is 3. The summed E-state index contributed by atoms with van der Waals surface area (Å²) < 4.78 is 5.65. The van der Waals surface area contributed by atoms with Crippen LogP contribution >= 0.6 is 0 Å². The van der Waals surface area contributed by atoms with Gasteiger partial charge in [-0.1, -0.05) is 37.3 Å². The number of ether oxygens (including phenoxy) is 1. The van der Waals surface area contributed by atoms with Crippen molar-refractivity contribution in [2.45, 2.75) is 38.1 Å². The van der Waals surface area contributed by atoms with E-state index in [1.54, 1.807) is 24.3 Å². The van der Waals surface area contributed by atoms with E-state index in [0.29, 0.717) is 17.2 Å². The molecule has 1 saturated heterocycles. The standard InChI is InChI=1S/C22H24N2O2/c1-2-20(18-7-4-3-5-8-18)21-9-6-14-24(21)22(25)16-26-19-12-10-17(15-23)11-13-19/h3-5,7-8,10-13,20-21H,2,6,9,14,16H2,1H3/t20-,21+/m0/s1. The van der Waals surface area contributed by atoms with Crippen LogP contribution in [0.3, 0.4) is 0 Å². The fraction of sp³-hybridized carbons (Fsp3) is 0.364. The molecule has 0 N–H and O–H groups in total. The van der Waals surface area contributed by atoms with Gasteiger partial charge < -0.3 is 9.64 Å². The molecule has 26 heavy (non-hydrogen) atoms. The van der Waals surface area contributed by atoms with Gasteiger partial charge in [0.25, 0.3) is 5.91 Å². The molecule has 0 aliphatic carbocycles. The third-order valence-electron chi connectivity index (χ3n) is 5.10. The van der Waals surface area contributed by atoms with E-state index in [9.17, 15) is 4.79 Å². The van der Waals surface area contributed by atoms with Crippen molar-refractivity contribution < 1.29 is 9.53 Å². The first-order chi connectivity index (χ1) is 12.7. The summed E-state index contributed by atoms with van der Waals surface area (Å²) in [7, 11) is 0. The fourth-order valence-electron chi connectivity index (χ4n) is 3.80. The molecular weight excluding hydrogens is 324 g/mol. The molecule has 1 amide bonds. The summed E-state index contributed by atoms with van der Waals surface area (Å²) in [5.41, 5.74) is 1.88. The molecule has 1 aliphatic rings. The normalized spacial score (nSPS) is 17.5. The minimum atomic E-state index is 0.0336. The third-order valence-corrected chi connectivity index (χ3v) is 5.10. The molecule has 2 aromatic rings. The number of nitriles is 1. The third kappa shape index (κ3) is 4.05. The lowest BCUT2D eigenvalue weighted by molar-refractivity contribution is -0.134.